The van der Waals surface area contributed by atoms with E-state index in [4.69, 9.17) is 9.84 Å². The van der Waals surface area contributed by atoms with Crippen LogP contribution in [0.5, 0.6) is 5.75 Å². The molecule has 0 unspecified atom stereocenters. The summed E-state index contributed by atoms with van der Waals surface area (Å²) in [6.07, 6.45) is 0. The first-order valence-electron chi connectivity index (χ1n) is 5.26. The van der Waals surface area contributed by atoms with Crippen LogP contribution in [0.2, 0.25) is 0 Å². The topological polar surface area (TPSA) is 59.4 Å². The number of hydrogen-bond acceptors (Lipinski definition) is 3. The van der Waals surface area contributed by atoms with Gasteiger partial charge in [0.25, 0.3) is 0 Å². The van der Waals surface area contributed by atoms with E-state index < -0.39 is 17.6 Å². The molecule has 0 amide bonds. The first-order valence-corrected chi connectivity index (χ1v) is 5.26. The SMILES string of the molecule is COc1ccc(F)c(-c2nc(C(=O)O)ccc2F)c1. The number of methoxy groups -OCH3 is 1. The zero-order valence-corrected chi connectivity index (χ0v) is 9.85. The number of pyridine rings is 1. The molecule has 2 rings (SSSR count). The third-order valence-electron chi connectivity index (χ3n) is 2.49. The van der Waals surface area contributed by atoms with Crippen LogP contribution in [-0.2, 0) is 0 Å². The molecule has 1 heterocycles. The van der Waals surface area contributed by atoms with Gasteiger partial charge in [-0.25, -0.2) is 18.6 Å². The standard InChI is InChI=1S/C13H9F2NO3/c1-19-7-2-3-9(14)8(6-7)12-10(15)4-5-11(16-12)13(17)18/h2-6H,1H3,(H,17,18). The van der Waals surface area contributed by atoms with Gasteiger partial charge in [-0.1, -0.05) is 0 Å². The van der Waals surface area contributed by atoms with Crippen molar-refractivity contribution in [1.82, 2.24) is 4.98 Å². The molecule has 0 fully saturated rings. The smallest absolute Gasteiger partial charge is 0.354 e. The molecule has 6 heteroatoms. The maximum absolute atomic E-state index is 13.7. The van der Waals surface area contributed by atoms with Crippen molar-refractivity contribution in [2.75, 3.05) is 7.11 Å². The van der Waals surface area contributed by atoms with E-state index in [1.54, 1.807) is 0 Å². The Kier molecular flexibility index (Phi) is 3.41. The van der Waals surface area contributed by atoms with E-state index in [0.717, 1.165) is 18.2 Å². The van der Waals surface area contributed by atoms with E-state index in [1.807, 2.05) is 0 Å². The van der Waals surface area contributed by atoms with Crippen molar-refractivity contribution in [3.63, 3.8) is 0 Å². The van der Waals surface area contributed by atoms with E-state index in [0.29, 0.717) is 5.75 Å². The highest BCUT2D eigenvalue weighted by atomic mass is 19.1. The molecule has 0 saturated carbocycles. The summed E-state index contributed by atoms with van der Waals surface area (Å²) in [6, 6.07) is 5.68. The van der Waals surface area contributed by atoms with Crippen molar-refractivity contribution in [3.05, 3.63) is 47.7 Å². The van der Waals surface area contributed by atoms with Crippen molar-refractivity contribution in [2.24, 2.45) is 0 Å². The lowest BCUT2D eigenvalue weighted by atomic mass is 10.1. The maximum atomic E-state index is 13.7. The number of carboxylic acid groups (broad SMARTS) is 1. The molecule has 1 aromatic heterocycles. The average Bonchev–Trinajstić information content (AvgIpc) is 2.40. The van der Waals surface area contributed by atoms with E-state index in [-0.39, 0.29) is 17.0 Å². The summed E-state index contributed by atoms with van der Waals surface area (Å²) < 4.78 is 32.3. The second kappa shape index (κ2) is 5.01. The van der Waals surface area contributed by atoms with Crippen LogP contribution in [0.3, 0.4) is 0 Å². The zero-order valence-electron chi connectivity index (χ0n) is 9.85. The van der Waals surface area contributed by atoms with Crippen LogP contribution < -0.4 is 4.74 Å². The number of carbonyl (C=O) groups is 1. The number of halogens is 2. The molecule has 0 bridgehead atoms. The van der Waals surface area contributed by atoms with E-state index in [9.17, 15) is 13.6 Å². The molecule has 1 aromatic carbocycles. The number of ether oxygens (including phenoxy) is 1. The molecule has 0 saturated heterocycles. The Labute approximate surface area is 107 Å². The number of nitrogens with zero attached hydrogens (tertiary/aromatic N) is 1. The Hall–Kier alpha value is -2.50. The van der Waals surface area contributed by atoms with Gasteiger partial charge in [-0.15, -0.1) is 0 Å². The van der Waals surface area contributed by atoms with Crippen LogP contribution in [-0.4, -0.2) is 23.2 Å². The van der Waals surface area contributed by atoms with Gasteiger partial charge in [-0.3, -0.25) is 0 Å². The first kappa shape index (κ1) is 12.9. The predicted octanol–water partition coefficient (Wildman–Crippen LogP) is 2.73. The summed E-state index contributed by atoms with van der Waals surface area (Å²) in [5.74, 6) is -2.52. The second-order valence-electron chi connectivity index (χ2n) is 3.68. The molecule has 1 N–H and O–H groups in total. The minimum atomic E-state index is -1.32. The highest BCUT2D eigenvalue weighted by Gasteiger charge is 2.16. The van der Waals surface area contributed by atoms with Crippen LogP contribution in [0.25, 0.3) is 11.3 Å². The Morgan fingerprint density at radius 3 is 2.53 bits per heavy atom. The maximum Gasteiger partial charge on any atom is 0.354 e. The van der Waals surface area contributed by atoms with E-state index in [2.05, 4.69) is 4.98 Å². The van der Waals surface area contributed by atoms with Gasteiger partial charge in [0.2, 0.25) is 0 Å². The zero-order chi connectivity index (χ0) is 14.0. The molecule has 0 atom stereocenters. The van der Waals surface area contributed by atoms with E-state index >= 15 is 0 Å². The molecule has 2 aromatic rings. The lowest BCUT2D eigenvalue weighted by molar-refractivity contribution is 0.0690. The summed E-state index contributed by atoms with van der Waals surface area (Å²) in [6.45, 7) is 0. The van der Waals surface area contributed by atoms with Crippen molar-refractivity contribution < 1.29 is 23.4 Å². The first-order chi connectivity index (χ1) is 9.02. The minimum Gasteiger partial charge on any atom is -0.497 e. The lowest BCUT2D eigenvalue weighted by Crippen LogP contribution is -2.03. The lowest BCUT2D eigenvalue weighted by Gasteiger charge is -2.07. The normalized spacial score (nSPS) is 10.3. The molecule has 0 radical (unpaired) electrons. The Morgan fingerprint density at radius 2 is 1.89 bits per heavy atom. The summed E-state index contributed by atoms with van der Waals surface area (Å²) in [5, 5.41) is 8.81. The third kappa shape index (κ3) is 2.52. The van der Waals surface area contributed by atoms with E-state index in [1.165, 1.54) is 19.2 Å². The van der Waals surface area contributed by atoms with Crippen molar-refractivity contribution in [2.45, 2.75) is 0 Å². The van der Waals surface area contributed by atoms with Crippen molar-refractivity contribution >= 4 is 5.97 Å². The van der Waals surface area contributed by atoms with Gasteiger partial charge >= 0.3 is 5.97 Å². The number of hydrogen-bond donors (Lipinski definition) is 1. The highest BCUT2D eigenvalue weighted by Crippen LogP contribution is 2.27. The van der Waals surface area contributed by atoms with Crippen molar-refractivity contribution in [3.8, 4) is 17.0 Å². The predicted molar refractivity (Wildman–Crippen MR) is 63.1 cm³/mol. The van der Waals surface area contributed by atoms with Gasteiger partial charge in [0.05, 0.1) is 7.11 Å². The van der Waals surface area contributed by atoms with Crippen LogP contribution in [0.15, 0.2) is 30.3 Å². The Morgan fingerprint density at radius 1 is 1.21 bits per heavy atom. The van der Waals surface area contributed by atoms with Crippen LogP contribution >= 0.6 is 0 Å². The van der Waals surface area contributed by atoms with Gasteiger partial charge in [0.15, 0.2) is 0 Å². The average molecular weight is 265 g/mol. The molecular formula is C13H9F2NO3. The summed E-state index contributed by atoms with van der Waals surface area (Å²) in [4.78, 5) is 14.4. The third-order valence-corrected chi connectivity index (χ3v) is 2.49. The summed E-state index contributed by atoms with van der Waals surface area (Å²) in [7, 11) is 1.38. The number of aromatic carboxylic acids is 1. The molecule has 0 spiro atoms. The highest BCUT2D eigenvalue weighted by molar-refractivity contribution is 5.86. The fourth-order valence-electron chi connectivity index (χ4n) is 1.56. The Balaban J connectivity index is 2.63. The Bertz CT molecular complexity index is 644. The van der Waals surface area contributed by atoms with Gasteiger partial charge in [0, 0.05) is 5.56 Å². The van der Waals surface area contributed by atoms with Crippen LogP contribution in [0, 0.1) is 11.6 Å². The second-order valence-corrected chi connectivity index (χ2v) is 3.68. The van der Waals surface area contributed by atoms with Crippen LogP contribution in [0.4, 0.5) is 8.78 Å². The number of carboxylic acids is 1. The van der Waals surface area contributed by atoms with Crippen molar-refractivity contribution in [1.29, 1.82) is 0 Å². The van der Waals surface area contributed by atoms with Gasteiger partial charge in [-0.2, -0.15) is 0 Å². The molecule has 0 aliphatic heterocycles. The monoisotopic (exact) mass is 265 g/mol. The fourth-order valence-corrected chi connectivity index (χ4v) is 1.56. The van der Waals surface area contributed by atoms with Gasteiger partial charge < -0.3 is 9.84 Å². The molecule has 4 nitrogen and oxygen atoms in total. The minimum absolute atomic E-state index is 0.153. The van der Waals surface area contributed by atoms with Gasteiger partial charge in [0.1, 0.15) is 28.8 Å². The number of aromatic nitrogens is 1. The molecular weight excluding hydrogens is 256 g/mol. The van der Waals surface area contributed by atoms with Crippen LogP contribution in [0.1, 0.15) is 10.5 Å². The quantitative estimate of drug-likeness (QED) is 0.927. The largest absolute Gasteiger partial charge is 0.497 e. The molecule has 19 heavy (non-hydrogen) atoms. The molecule has 0 aliphatic rings. The fraction of sp³-hybridized carbons (Fsp3) is 0.0769. The van der Waals surface area contributed by atoms with Gasteiger partial charge in [-0.05, 0) is 30.3 Å². The summed E-state index contributed by atoms with van der Waals surface area (Å²) >= 11 is 0. The summed E-state index contributed by atoms with van der Waals surface area (Å²) in [5.41, 5.74) is -0.880. The molecule has 98 valence electrons. The number of benzene rings is 1. The number of rotatable bonds is 3. The molecule has 0 aliphatic carbocycles.